The molecule has 2 aliphatic carbocycles. The smallest absolute Gasteiger partial charge is 0.744 e. The van der Waals surface area contributed by atoms with Crippen LogP contribution in [0.4, 0.5) is 40.3 Å². The van der Waals surface area contributed by atoms with Gasteiger partial charge in [0.05, 0.1) is 79.1 Å². The van der Waals surface area contributed by atoms with Crippen molar-refractivity contribution in [1.82, 2.24) is 19.5 Å². The van der Waals surface area contributed by atoms with Crippen molar-refractivity contribution >= 4 is 130 Å². The predicted molar refractivity (Wildman–Crippen MR) is 304 cm³/mol. The number of carboxylic acids is 1. The van der Waals surface area contributed by atoms with Crippen molar-refractivity contribution in [3.05, 3.63) is 198 Å². The molecule has 0 unspecified atom stereocenters. The van der Waals surface area contributed by atoms with E-state index in [1.165, 1.54) is 78.3 Å². The first-order valence-electron chi connectivity index (χ1n) is 24.0. The average molecular weight is 1360 g/mol. The zero-order valence-corrected chi connectivity index (χ0v) is 58.6. The third kappa shape index (κ3) is 15.3. The summed E-state index contributed by atoms with van der Waals surface area (Å²) in [5, 5.41) is 61.7. The van der Waals surface area contributed by atoms with Crippen molar-refractivity contribution in [2.45, 2.75) is 22.1 Å². The Balaban J connectivity index is 0.000000511. The maximum atomic E-state index is 14.6. The molecule has 2 aromatic heterocycles. The molecule has 0 spiro atoms. The Kier molecular flexibility index (Phi) is 26.7. The van der Waals surface area contributed by atoms with Crippen molar-refractivity contribution in [2.24, 2.45) is 7.05 Å². The molecular formula is C56H37BrN8Na4O17S3. The third-order valence-electron chi connectivity index (χ3n) is 13.0. The molecule has 0 saturated heterocycles. The minimum atomic E-state index is -5.40. The second-order valence-corrected chi connectivity index (χ2v) is 21.5. The molecule has 0 amide bonds. The van der Waals surface area contributed by atoms with E-state index < -0.39 is 61.7 Å². The summed E-state index contributed by atoms with van der Waals surface area (Å²) in [6, 6.07) is 31.9. The van der Waals surface area contributed by atoms with Crippen LogP contribution in [0.3, 0.4) is 0 Å². The predicted octanol–water partition coefficient (Wildman–Crippen LogP) is -5.25. The summed E-state index contributed by atoms with van der Waals surface area (Å²) in [6.45, 7) is 0. The van der Waals surface area contributed by atoms with Crippen molar-refractivity contribution in [3.8, 4) is 17.1 Å². The Morgan fingerprint density at radius 1 is 0.618 bits per heavy atom. The number of nitrogens with zero attached hydrogens (tertiary/aromatic N) is 4. The molecule has 9 aromatic rings. The number of para-hydroxylation sites is 1. The van der Waals surface area contributed by atoms with Gasteiger partial charge in [-0.05, 0) is 60.2 Å². The van der Waals surface area contributed by atoms with Crippen molar-refractivity contribution in [3.63, 3.8) is 0 Å². The van der Waals surface area contributed by atoms with Gasteiger partial charge >= 0.3 is 124 Å². The molecule has 2 heterocycles. The van der Waals surface area contributed by atoms with Crippen LogP contribution in [0, 0.1) is 0 Å². The number of anilines is 7. The Hall–Kier alpha value is -5.24. The molecule has 0 saturated carbocycles. The van der Waals surface area contributed by atoms with Gasteiger partial charge in [-0.2, -0.15) is 23.6 Å². The van der Waals surface area contributed by atoms with Crippen LogP contribution in [-0.4, -0.2) is 73.7 Å². The normalized spacial score (nSPS) is 11.5. The molecule has 0 aliphatic heterocycles. The van der Waals surface area contributed by atoms with Crippen LogP contribution < -0.4 is 161 Å². The van der Waals surface area contributed by atoms with Gasteiger partial charge in [0.2, 0.25) is 11.9 Å². The van der Waals surface area contributed by atoms with E-state index in [4.69, 9.17) is 0 Å². The number of fused-ring (bicyclic) bond motifs is 4. The summed E-state index contributed by atoms with van der Waals surface area (Å²) in [4.78, 5) is 90.7. The van der Waals surface area contributed by atoms with Crippen LogP contribution >= 0.6 is 40.0 Å². The summed E-state index contributed by atoms with van der Waals surface area (Å²) in [5.74, 6) is -4.10. The molecule has 0 fully saturated rings. The van der Waals surface area contributed by atoms with Gasteiger partial charge in [0.15, 0.2) is 23.1 Å². The number of hydrogen-bond donors (Lipinski definition) is 5. The number of aryl methyl sites for hydroxylation is 1. The van der Waals surface area contributed by atoms with Crippen molar-refractivity contribution in [2.75, 3.05) is 28.3 Å². The number of hydrogen-bond acceptors (Lipinski definition) is 26. The molecule has 25 nitrogen and oxygen atoms in total. The summed E-state index contributed by atoms with van der Waals surface area (Å²) in [7, 11) is -2.26. The van der Waals surface area contributed by atoms with E-state index in [1.807, 2.05) is 0 Å². The van der Waals surface area contributed by atoms with E-state index in [2.05, 4.69) is 70.9 Å². The van der Waals surface area contributed by atoms with Crippen LogP contribution in [0.1, 0.15) is 81.5 Å². The van der Waals surface area contributed by atoms with Crippen LogP contribution in [0.25, 0.3) is 22.0 Å². The minimum Gasteiger partial charge on any atom is -0.744 e. The van der Waals surface area contributed by atoms with Gasteiger partial charge in [0.1, 0.15) is 10.1 Å². The second-order valence-electron chi connectivity index (χ2n) is 17.8. The zero-order valence-electron chi connectivity index (χ0n) is 46.6. The van der Waals surface area contributed by atoms with Crippen LogP contribution in [0.15, 0.2) is 157 Å². The number of aromatic nitrogens is 4. The average Bonchev–Trinajstić information content (AvgIpc) is 0.720. The van der Waals surface area contributed by atoms with E-state index in [0.717, 1.165) is 12.1 Å². The van der Waals surface area contributed by atoms with Crippen molar-refractivity contribution < 1.29 is 195 Å². The quantitative estimate of drug-likeness (QED) is 0.0142. The number of benzene rings is 7. The summed E-state index contributed by atoms with van der Waals surface area (Å²) < 4.78 is 48.9. The minimum absolute atomic E-state index is 0. The van der Waals surface area contributed by atoms with Crippen LogP contribution in [0.2, 0.25) is 0 Å². The molecule has 0 radical (unpaired) electrons. The Morgan fingerprint density at radius 2 is 1.18 bits per heavy atom. The van der Waals surface area contributed by atoms with Gasteiger partial charge < -0.3 is 55.9 Å². The largest absolute Gasteiger partial charge is 1.00 e. The van der Waals surface area contributed by atoms with E-state index in [9.17, 15) is 62.5 Å². The van der Waals surface area contributed by atoms with Gasteiger partial charge in [-0.15, -0.1) is 0 Å². The number of ketones is 4. The van der Waals surface area contributed by atoms with E-state index in [0.29, 0.717) is 44.5 Å². The number of aromatic hydroxyl groups is 1. The summed E-state index contributed by atoms with van der Waals surface area (Å²) in [6.07, 6.45) is 0. The second kappa shape index (κ2) is 31.9. The van der Waals surface area contributed by atoms with Gasteiger partial charge in [0.25, 0.3) is 5.56 Å². The van der Waals surface area contributed by atoms with E-state index >= 15 is 0 Å². The Morgan fingerprint density at radius 3 is 1.80 bits per heavy atom. The van der Waals surface area contributed by atoms with Gasteiger partial charge in [0, 0.05) is 79.2 Å². The fourth-order valence-corrected chi connectivity index (χ4v) is 11.6. The topological polar surface area (TPSA) is 378 Å². The molecule has 89 heavy (non-hydrogen) atoms. The Labute approximate surface area is 610 Å². The first-order valence-corrected chi connectivity index (χ1v) is 27.7. The summed E-state index contributed by atoms with van der Waals surface area (Å²) in [5.41, 5.74) is 1.08. The molecule has 11 rings (SSSR count). The van der Waals surface area contributed by atoms with Gasteiger partial charge in [-0.3, -0.25) is 34.0 Å². The zero-order chi connectivity index (χ0) is 59.7. The number of nitrogens with one attached hydrogen (secondary N) is 4. The maximum absolute atomic E-state index is 14.6. The van der Waals surface area contributed by atoms with E-state index in [-0.39, 0.29) is 226 Å². The first-order chi connectivity index (χ1) is 40.3. The SMILES string of the molecule is C.CNc1ccc(Br)c2c1C(=O)c1ccccc1C2=O.Cn1c(=O)c(C(=O)c2cccc(SOO[O-])c2)c2c3c(c(Nc4cc(Nc5nc(O)nc(Nc6ccccc6C(=O)[O-])n5)c(S(=O)(=O)[O-])cc4SOO[O-])ccc31)C(=O)c1ccccc1-2.[Na+].[Na+].[Na+].[Na+]. The Bertz CT molecular complexity index is 4480. The molecule has 33 heteroatoms. The van der Waals surface area contributed by atoms with Crippen LogP contribution in [-0.2, 0) is 35.9 Å². The molecule has 7 aromatic carbocycles. The molecule has 2 aliphatic rings. The molecular weight excluding hydrogens is 1320 g/mol. The number of rotatable bonds is 17. The first kappa shape index (κ1) is 74.5. The monoisotopic (exact) mass is 1360 g/mol. The van der Waals surface area contributed by atoms with Crippen molar-refractivity contribution in [1.29, 1.82) is 0 Å². The number of carbonyl (C=O) groups excluding carboxylic acids is 5. The molecule has 5 N–H and O–H groups in total. The molecule has 0 atom stereocenters. The number of carbonyl (C=O) groups is 5. The fourth-order valence-electron chi connectivity index (χ4n) is 9.48. The maximum Gasteiger partial charge on any atom is 1.00 e. The van der Waals surface area contributed by atoms with Gasteiger partial charge in [-0.1, -0.05) is 102 Å². The number of carboxylic acid groups (broad SMARTS) is 1. The fraction of sp³-hybridized carbons (Fsp3) is 0.0536. The number of halogens is 1. The standard InChI is InChI=1S/C40H27N7O15S3.C15H10BrNO2.CH4.4Na/c1-47-27-14-13-24(31-32(27)30(20-9-2-3-10-21(20)35(31)49)33(36(47)50)34(48)18-7-6-8-19(15-18)63-61-59-54)41-25-16-26(29(65(56,57)58)17-28(25)64-62-60-55)43-39-44-38(45-40(53)46-39)42-23-12-5-4-11-22(23)37(51)52;1-17-11-7-6-10(16)12-13(11)15(19)9-5-3-2-4-8(9)14(12)18;;;;;/h2-17,41,54-55H,1H3,(H,51,52)(H,56,57,58)(H3,42,43,44,45,46,53);2-7,17H,1H3;1H4;;;;/q;;;4*+1/p-4. The number of aromatic carboxylic acids is 1. The summed E-state index contributed by atoms with van der Waals surface area (Å²) >= 11 is 4.07. The van der Waals surface area contributed by atoms with Crippen LogP contribution in [0.5, 0.6) is 6.01 Å². The molecule has 0 bridgehead atoms. The molecule has 432 valence electrons. The third-order valence-corrected chi connectivity index (χ3v) is 15.8. The van der Waals surface area contributed by atoms with E-state index in [1.54, 1.807) is 61.6 Å². The number of pyridine rings is 1. The van der Waals surface area contributed by atoms with Gasteiger partial charge in [-0.25, -0.2) is 8.42 Å².